The Kier molecular flexibility index (Phi) is 4.65. The molecule has 0 unspecified atom stereocenters. The summed E-state index contributed by atoms with van der Waals surface area (Å²) in [5.41, 5.74) is 5.05. The molecule has 4 heteroatoms. The Morgan fingerprint density at radius 2 is 1.96 bits per heavy atom. The molecular formula is C20H23N3O. The van der Waals surface area contributed by atoms with Gasteiger partial charge in [-0.1, -0.05) is 32.0 Å². The van der Waals surface area contributed by atoms with E-state index in [-0.39, 0.29) is 5.91 Å². The van der Waals surface area contributed by atoms with Gasteiger partial charge in [-0.25, -0.2) is 0 Å². The predicted molar refractivity (Wildman–Crippen MR) is 98.1 cm³/mol. The van der Waals surface area contributed by atoms with Crippen LogP contribution in [-0.4, -0.2) is 22.1 Å². The number of H-pyrrole nitrogens is 1. The Morgan fingerprint density at radius 3 is 2.71 bits per heavy atom. The largest absolute Gasteiger partial charge is 0.349 e. The first-order chi connectivity index (χ1) is 11.7. The van der Waals surface area contributed by atoms with Crippen LogP contribution in [0.25, 0.3) is 22.0 Å². The van der Waals surface area contributed by atoms with Crippen LogP contribution in [0.1, 0.15) is 42.6 Å². The predicted octanol–water partition coefficient (Wildman–Crippen LogP) is 4.46. The van der Waals surface area contributed by atoms with Crippen LogP contribution in [0.4, 0.5) is 0 Å². The van der Waals surface area contributed by atoms with E-state index in [1.54, 1.807) is 0 Å². The number of amides is 1. The summed E-state index contributed by atoms with van der Waals surface area (Å²) in [5.74, 6) is 0.0198. The topological polar surface area (TPSA) is 57.8 Å². The summed E-state index contributed by atoms with van der Waals surface area (Å²) in [4.78, 5) is 12.2. The van der Waals surface area contributed by atoms with Gasteiger partial charge in [-0.15, -0.1) is 0 Å². The molecule has 0 bridgehead atoms. The molecule has 1 fully saturated rings. The van der Waals surface area contributed by atoms with Crippen molar-refractivity contribution in [1.29, 1.82) is 0 Å². The maximum Gasteiger partial charge on any atom is 0.251 e. The summed E-state index contributed by atoms with van der Waals surface area (Å²) in [6.45, 7) is 6.06. The summed E-state index contributed by atoms with van der Waals surface area (Å²) < 4.78 is 0. The van der Waals surface area contributed by atoms with Gasteiger partial charge in [-0.05, 0) is 54.7 Å². The fourth-order valence-corrected chi connectivity index (χ4v) is 2.68. The normalized spacial score (nSPS) is 13.3. The molecule has 124 valence electrons. The van der Waals surface area contributed by atoms with Gasteiger partial charge in [-0.2, -0.15) is 5.10 Å². The van der Waals surface area contributed by atoms with Crippen molar-refractivity contribution in [3.8, 4) is 11.1 Å². The minimum Gasteiger partial charge on any atom is -0.349 e. The van der Waals surface area contributed by atoms with Crippen molar-refractivity contribution in [2.24, 2.45) is 0 Å². The third kappa shape index (κ3) is 3.32. The monoisotopic (exact) mass is 321 g/mol. The van der Waals surface area contributed by atoms with Gasteiger partial charge in [0.1, 0.15) is 0 Å². The molecule has 3 aromatic rings. The molecule has 2 aromatic carbocycles. The molecular weight excluding hydrogens is 298 g/mol. The lowest BCUT2D eigenvalue weighted by atomic mass is 9.97. The fourth-order valence-electron chi connectivity index (χ4n) is 2.68. The van der Waals surface area contributed by atoms with Gasteiger partial charge in [0.15, 0.2) is 0 Å². The van der Waals surface area contributed by atoms with Crippen LogP contribution in [0.15, 0.2) is 42.6 Å². The minimum absolute atomic E-state index is 0.0198. The summed E-state index contributed by atoms with van der Waals surface area (Å²) in [5, 5.41) is 11.2. The van der Waals surface area contributed by atoms with Crippen LogP contribution >= 0.6 is 0 Å². The standard InChI is InChI=1S/C18H17N3O.C2H6/c1-11-2-3-13(18(22)20-15-6-7-15)8-16(11)12-4-5-14-10-19-21-17(14)9-12;1-2/h2-5,8-10,15H,6-7H2,1H3,(H,19,21)(H,20,22);1-2H3. The van der Waals surface area contributed by atoms with Gasteiger partial charge in [-0.3, -0.25) is 9.89 Å². The van der Waals surface area contributed by atoms with Gasteiger partial charge in [0.2, 0.25) is 0 Å². The zero-order valence-electron chi connectivity index (χ0n) is 14.4. The smallest absolute Gasteiger partial charge is 0.251 e. The Bertz CT molecular complexity index is 862. The number of aromatic amines is 1. The fraction of sp³-hybridized carbons (Fsp3) is 0.300. The Morgan fingerprint density at radius 1 is 1.17 bits per heavy atom. The first-order valence-corrected chi connectivity index (χ1v) is 8.56. The van der Waals surface area contributed by atoms with Crippen molar-refractivity contribution in [3.05, 3.63) is 53.7 Å². The highest BCUT2D eigenvalue weighted by Crippen LogP contribution is 2.28. The number of rotatable bonds is 3. The van der Waals surface area contributed by atoms with Crippen molar-refractivity contribution in [2.45, 2.75) is 39.7 Å². The van der Waals surface area contributed by atoms with Gasteiger partial charge in [0.05, 0.1) is 11.7 Å². The molecule has 1 aliphatic carbocycles. The Balaban J connectivity index is 0.000000815. The lowest BCUT2D eigenvalue weighted by Crippen LogP contribution is -2.25. The molecule has 1 saturated carbocycles. The number of benzene rings is 2. The maximum absolute atomic E-state index is 12.2. The second-order valence-electron chi connectivity index (χ2n) is 5.95. The van der Waals surface area contributed by atoms with Crippen LogP contribution in [0.2, 0.25) is 0 Å². The van der Waals surface area contributed by atoms with Crippen LogP contribution < -0.4 is 5.32 Å². The summed E-state index contributed by atoms with van der Waals surface area (Å²) in [7, 11) is 0. The van der Waals surface area contributed by atoms with E-state index in [1.165, 1.54) is 0 Å². The third-order valence-corrected chi connectivity index (χ3v) is 4.17. The average molecular weight is 321 g/mol. The number of aryl methyl sites for hydroxylation is 1. The molecule has 1 amide bonds. The lowest BCUT2D eigenvalue weighted by Gasteiger charge is -2.10. The molecule has 0 saturated heterocycles. The molecule has 0 radical (unpaired) electrons. The van der Waals surface area contributed by atoms with E-state index in [2.05, 4.69) is 34.6 Å². The van der Waals surface area contributed by atoms with Crippen LogP contribution in [0.3, 0.4) is 0 Å². The molecule has 2 N–H and O–H groups in total. The molecule has 4 nitrogen and oxygen atoms in total. The van der Waals surface area contributed by atoms with Gasteiger partial charge >= 0.3 is 0 Å². The van der Waals surface area contributed by atoms with Gasteiger partial charge in [0.25, 0.3) is 5.91 Å². The molecule has 1 heterocycles. The zero-order chi connectivity index (χ0) is 17.1. The van der Waals surface area contributed by atoms with E-state index < -0.39 is 0 Å². The van der Waals surface area contributed by atoms with E-state index in [9.17, 15) is 4.79 Å². The molecule has 0 aliphatic heterocycles. The number of nitrogens with zero attached hydrogens (tertiary/aromatic N) is 1. The van der Waals surface area contributed by atoms with Crippen molar-refractivity contribution < 1.29 is 4.79 Å². The van der Waals surface area contributed by atoms with Crippen LogP contribution in [0.5, 0.6) is 0 Å². The maximum atomic E-state index is 12.2. The van der Waals surface area contributed by atoms with E-state index in [0.29, 0.717) is 6.04 Å². The molecule has 0 spiro atoms. The number of hydrogen-bond donors (Lipinski definition) is 2. The number of aromatic nitrogens is 2. The number of fused-ring (bicyclic) bond motifs is 1. The van der Waals surface area contributed by atoms with Gasteiger partial charge in [0, 0.05) is 17.0 Å². The lowest BCUT2D eigenvalue weighted by molar-refractivity contribution is 0.0951. The number of carbonyl (C=O) groups is 1. The van der Waals surface area contributed by atoms with E-state index in [1.807, 2.05) is 44.3 Å². The molecule has 1 aliphatic rings. The number of hydrogen-bond acceptors (Lipinski definition) is 2. The second kappa shape index (κ2) is 6.87. The Hall–Kier alpha value is -2.62. The quantitative estimate of drug-likeness (QED) is 0.748. The second-order valence-corrected chi connectivity index (χ2v) is 5.95. The summed E-state index contributed by atoms with van der Waals surface area (Å²) in [6, 6.07) is 12.4. The van der Waals surface area contributed by atoms with Crippen molar-refractivity contribution in [1.82, 2.24) is 15.5 Å². The zero-order valence-corrected chi connectivity index (χ0v) is 14.4. The highest BCUT2D eigenvalue weighted by Gasteiger charge is 2.24. The van der Waals surface area contributed by atoms with Crippen molar-refractivity contribution in [2.75, 3.05) is 0 Å². The number of carbonyl (C=O) groups excluding carboxylic acids is 1. The van der Waals surface area contributed by atoms with Crippen molar-refractivity contribution in [3.63, 3.8) is 0 Å². The SMILES string of the molecule is CC.Cc1ccc(C(=O)NC2CC2)cc1-c1ccc2cn[nH]c2c1. The van der Waals surface area contributed by atoms with E-state index >= 15 is 0 Å². The highest BCUT2D eigenvalue weighted by atomic mass is 16.1. The van der Waals surface area contributed by atoms with Crippen LogP contribution in [-0.2, 0) is 0 Å². The summed E-state index contributed by atoms with van der Waals surface area (Å²) >= 11 is 0. The first-order valence-electron chi connectivity index (χ1n) is 8.56. The molecule has 0 atom stereocenters. The first kappa shape index (κ1) is 16.2. The van der Waals surface area contributed by atoms with E-state index in [0.717, 1.165) is 46.0 Å². The third-order valence-electron chi connectivity index (χ3n) is 4.17. The number of nitrogens with one attached hydrogen (secondary N) is 2. The average Bonchev–Trinajstić information content (AvgIpc) is 3.30. The molecule has 4 rings (SSSR count). The minimum atomic E-state index is 0.0198. The highest BCUT2D eigenvalue weighted by molar-refractivity contribution is 5.96. The van der Waals surface area contributed by atoms with Crippen LogP contribution in [0, 0.1) is 6.92 Å². The summed E-state index contributed by atoms with van der Waals surface area (Å²) in [6.07, 6.45) is 4.01. The van der Waals surface area contributed by atoms with Crippen molar-refractivity contribution >= 4 is 16.8 Å². The Labute approximate surface area is 142 Å². The molecule has 1 aromatic heterocycles. The van der Waals surface area contributed by atoms with Gasteiger partial charge < -0.3 is 5.32 Å². The van der Waals surface area contributed by atoms with E-state index in [4.69, 9.17) is 0 Å². The molecule has 24 heavy (non-hydrogen) atoms.